The zero-order chi connectivity index (χ0) is 14.1. The first kappa shape index (κ1) is 13.3. The van der Waals surface area contributed by atoms with E-state index in [1.54, 1.807) is 0 Å². The molecule has 3 nitrogen and oxygen atoms in total. The first-order valence-corrected chi connectivity index (χ1v) is 6.99. The van der Waals surface area contributed by atoms with Crippen LogP contribution in [-0.4, -0.2) is 9.55 Å². The van der Waals surface area contributed by atoms with Gasteiger partial charge in [-0.15, -0.1) is 0 Å². The van der Waals surface area contributed by atoms with E-state index in [1.165, 1.54) is 0 Å². The summed E-state index contributed by atoms with van der Waals surface area (Å²) in [6.07, 6.45) is 0. The van der Waals surface area contributed by atoms with Crippen molar-refractivity contribution in [1.29, 1.82) is 0 Å². The molecule has 0 amide bonds. The molecule has 1 aromatic heterocycles. The van der Waals surface area contributed by atoms with Crippen molar-refractivity contribution in [3.8, 4) is 0 Å². The van der Waals surface area contributed by atoms with Gasteiger partial charge in [0.05, 0.1) is 17.6 Å². The standard InChI is InChI=1S/C15H13Cl2N3/c1-20-14-8-11(17)5-6-13(14)19-15(20)9-18-12-4-2-3-10(16)7-12/h2-8,18H,9H2,1H3. The molecule has 3 aromatic rings. The number of imidazole rings is 1. The highest BCUT2D eigenvalue weighted by Gasteiger charge is 2.07. The van der Waals surface area contributed by atoms with E-state index in [0.29, 0.717) is 11.6 Å². The highest BCUT2D eigenvalue weighted by molar-refractivity contribution is 6.31. The summed E-state index contributed by atoms with van der Waals surface area (Å²) in [5.41, 5.74) is 2.95. The molecule has 0 aliphatic rings. The van der Waals surface area contributed by atoms with Gasteiger partial charge >= 0.3 is 0 Å². The third kappa shape index (κ3) is 2.60. The van der Waals surface area contributed by atoms with Crippen LogP contribution in [0.5, 0.6) is 0 Å². The Bertz CT molecular complexity index is 765. The molecule has 20 heavy (non-hydrogen) atoms. The van der Waals surface area contributed by atoms with E-state index < -0.39 is 0 Å². The summed E-state index contributed by atoms with van der Waals surface area (Å²) < 4.78 is 2.04. The molecular weight excluding hydrogens is 293 g/mol. The van der Waals surface area contributed by atoms with Gasteiger partial charge in [0.25, 0.3) is 0 Å². The molecule has 0 radical (unpaired) electrons. The number of hydrogen-bond acceptors (Lipinski definition) is 2. The molecule has 0 aliphatic heterocycles. The van der Waals surface area contributed by atoms with E-state index in [2.05, 4.69) is 10.3 Å². The van der Waals surface area contributed by atoms with Gasteiger partial charge in [-0.1, -0.05) is 29.3 Å². The zero-order valence-electron chi connectivity index (χ0n) is 10.9. The summed E-state index contributed by atoms with van der Waals surface area (Å²) in [5.74, 6) is 0.947. The van der Waals surface area contributed by atoms with Crippen molar-refractivity contribution in [2.45, 2.75) is 6.54 Å². The molecule has 0 spiro atoms. The van der Waals surface area contributed by atoms with Crippen LogP contribution < -0.4 is 5.32 Å². The molecule has 2 aromatic carbocycles. The highest BCUT2D eigenvalue weighted by Crippen LogP contribution is 2.21. The van der Waals surface area contributed by atoms with E-state index >= 15 is 0 Å². The van der Waals surface area contributed by atoms with Gasteiger partial charge in [0.1, 0.15) is 5.82 Å². The number of aromatic nitrogens is 2. The molecule has 102 valence electrons. The fraction of sp³-hybridized carbons (Fsp3) is 0.133. The van der Waals surface area contributed by atoms with Crippen molar-refractivity contribution in [2.24, 2.45) is 7.05 Å². The lowest BCUT2D eigenvalue weighted by molar-refractivity contribution is 0.834. The Balaban J connectivity index is 1.86. The molecule has 0 atom stereocenters. The molecule has 0 saturated heterocycles. The second-order valence-electron chi connectivity index (χ2n) is 4.58. The monoisotopic (exact) mass is 305 g/mol. The molecule has 3 rings (SSSR count). The first-order valence-electron chi connectivity index (χ1n) is 6.24. The number of aryl methyl sites for hydroxylation is 1. The van der Waals surface area contributed by atoms with Gasteiger partial charge in [0.2, 0.25) is 0 Å². The number of nitrogens with zero attached hydrogens (tertiary/aromatic N) is 2. The van der Waals surface area contributed by atoms with Gasteiger partial charge in [-0.2, -0.15) is 0 Å². The minimum atomic E-state index is 0.628. The maximum atomic E-state index is 6.02. The molecule has 1 N–H and O–H groups in total. The van der Waals surface area contributed by atoms with E-state index in [9.17, 15) is 0 Å². The predicted octanol–water partition coefficient (Wildman–Crippen LogP) is 4.49. The maximum Gasteiger partial charge on any atom is 0.128 e. The minimum Gasteiger partial charge on any atom is -0.378 e. The minimum absolute atomic E-state index is 0.628. The molecule has 5 heteroatoms. The largest absolute Gasteiger partial charge is 0.378 e. The van der Waals surface area contributed by atoms with Crippen molar-refractivity contribution in [1.82, 2.24) is 9.55 Å². The van der Waals surface area contributed by atoms with Crippen LogP contribution >= 0.6 is 23.2 Å². The van der Waals surface area contributed by atoms with E-state index in [0.717, 1.165) is 27.6 Å². The van der Waals surface area contributed by atoms with Gasteiger partial charge in [-0.25, -0.2) is 4.98 Å². The number of benzene rings is 2. The number of anilines is 1. The van der Waals surface area contributed by atoms with Crippen LogP contribution in [0, 0.1) is 0 Å². The number of rotatable bonds is 3. The van der Waals surface area contributed by atoms with Crippen LogP contribution in [0.15, 0.2) is 42.5 Å². The van der Waals surface area contributed by atoms with Crippen molar-refractivity contribution in [3.05, 3.63) is 58.3 Å². The molecule has 0 fully saturated rings. The maximum absolute atomic E-state index is 6.02. The van der Waals surface area contributed by atoms with Crippen LogP contribution in [0.3, 0.4) is 0 Å². The Kier molecular flexibility index (Phi) is 3.55. The molecular formula is C15H13Cl2N3. The van der Waals surface area contributed by atoms with Crippen molar-refractivity contribution in [2.75, 3.05) is 5.32 Å². The second-order valence-corrected chi connectivity index (χ2v) is 5.46. The van der Waals surface area contributed by atoms with E-state index in [4.69, 9.17) is 23.2 Å². The quantitative estimate of drug-likeness (QED) is 0.772. The molecule has 1 heterocycles. The lowest BCUT2D eigenvalue weighted by Gasteiger charge is -2.06. The fourth-order valence-electron chi connectivity index (χ4n) is 2.15. The Labute approximate surface area is 127 Å². The lowest BCUT2D eigenvalue weighted by Crippen LogP contribution is -2.05. The van der Waals surface area contributed by atoms with Crippen LogP contribution in [0.2, 0.25) is 10.0 Å². The van der Waals surface area contributed by atoms with Crippen molar-refractivity contribution >= 4 is 39.9 Å². The molecule has 0 unspecified atom stereocenters. The normalized spacial score (nSPS) is 10.9. The van der Waals surface area contributed by atoms with Crippen molar-refractivity contribution < 1.29 is 0 Å². The summed E-state index contributed by atoms with van der Waals surface area (Å²) in [5, 5.41) is 4.75. The Morgan fingerprint density at radius 1 is 1.10 bits per heavy atom. The van der Waals surface area contributed by atoms with Crippen LogP contribution in [0.1, 0.15) is 5.82 Å². The smallest absolute Gasteiger partial charge is 0.128 e. The topological polar surface area (TPSA) is 29.9 Å². The summed E-state index contributed by atoms with van der Waals surface area (Å²) in [4.78, 5) is 4.60. The molecule has 0 saturated carbocycles. The predicted molar refractivity (Wildman–Crippen MR) is 84.5 cm³/mol. The number of halogens is 2. The number of hydrogen-bond donors (Lipinski definition) is 1. The average Bonchev–Trinajstić information content (AvgIpc) is 2.73. The summed E-state index contributed by atoms with van der Waals surface area (Å²) in [6.45, 7) is 0.628. The second kappa shape index (κ2) is 5.35. The number of fused-ring (bicyclic) bond motifs is 1. The SMILES string of the molecule is Cn1c(CNc2cccc(Cl)c2)nc2ccc(Cl)cc21. The summed E-state index contributed by atoms with van der Waals surface area (Å²) >= 11 is 12.0. The third-order valence-electron chi connectivity index (χ3n) is 3.21. The summed E-state index contributed by atoms with van der Waals surface area (Å²) in [6, 6.07) is 13.3. The molecule has 0 aliphatic carbocycles. The van der Waals surface area contributed by atoms with Gasteiger partial charge in [-0.05, 0) is 36.4 Å². The van der Waals surface area contributed by atoms with Crippen LogP contribution in [0.25, 0.3) is 11.0 Å². The Morgan fingerprint density at radius 3 is 2.70 bits per heavy atom. The van der Waals surface area contributed by atoms with E-state index in [-0.39, 0.29) is 0 Å². The third-order valence-corrected chi connectivity index (χ3v) is 3.68. The van der Waals surface area contributed by atoms with Crippen molar-refractivity contribution in [3.63, 3.8) is 0 Å². The summed E-state index contributed by atoms with van der Waals surface area (Å²) in [7, 11) is 1.99. The zero-order valence-corrected chi connectivity index (χ0v) is 12.4. The van der Waals surface area contributed by atoms with Crippen LogP contribution in [-0.2, 0) is 13.6 Å². The Morgan fingerprint density at radius 2 is 1.90 bits per heavy atom. The van der Waals surface area contributed by atoms with Gasteiger partial charge < -0.3 is 9.88 Å². The van der Waals surface area contributed by atoms with E-state index in [1.807, 2.05) is 54.1 Å². The average molecular weight is 306 g/mol. The Hall–Kier alpha value is -1.71. The van der Waals surface area contributed by atoms with Crippen LogP contribution in [0.4, 0.5) is 5.69 Å². The highest BCUT2D eigenvalue weighted by atomic mass is 35.5. The van der Waals surface area contributed by atoms with Gasteiger partial charge in [0.15, 0.2) is 0 Å². The lowest BCUT2D eigenvalue weighted by atomic mass is 10.3. The molecule has 0 bridgehead atoms. The number of nitrogens with one attached hydrogen (secondary N) is 1. The first-order chi connectivity index (χ1) is 9.63. The van der Waals surface area contributed by atoms with Gasteiger partial charge in [0, 0.05) is 22.8 Å². The van der Waals surface area contributed by atoms with Gasteiger partial charge in [-0.3, -0.25) is 0 Å². The fourth-order valence-corrected chi connectivity index (χ4v) is 2.51.